The summed E-state index contributed by atoms with van der Waals surface area (Å²) in [6, 6.07) is 15.6. The monoisotopic (exact) mass is 655 g/mol. The number of para-hydroxylation sites is 1. The van der Waals surface area contributed by atoms with E-state index in [2.05, 4.69) is 42.5 Å². The van der Waals surface area contributed by atoms with Gasteiger partial charge in [0.2, 0.25) is 0 Å². The third kappa shape index (κ3) is 7.82. The molecular weight excluding hydrogens is 643 g/mol. The number of anilines is 2. The lowest BCUT2D eigenvalue weighted by atomic mass is 10.1. The highest BCUT2D eigenvalue weighted by Crippen LogP contribution is 2.36. The van der Waals surface area contributed by atoms with Crippen LogP contribution in [0.5, 0.6) is 5.75 Å². The quantitative estimate of drug-likeness (QED) is 0.204. The first-order valence-corrected chi connectivity index (χ1v) is 12.2. The largest absolute Gasteiger partial charge is 0.481 e. The maximum Gasteiger partial charge on any atom is 0.416 e. The zero-order valence-electron chi connectivity index (χ0n) is 18.5. The number of hydrogen-bond acceptors (Lipinski definition) is 4. The molecule has 0 heterocycles. The van der Waals surface area contributed by atoms with Crippen LogP contribution in [0, 0.1) is 11.3 Å². The van der Waals surface area contributed by atoms with E-state index in [1.807, 2.05) is 0 Å². The van der Waals surface area contributed by atoms with Crippen LogP contribution < -0.4 is 15.4 Å². The van der Waals surface area contributed by atoms with Gasteiger partial charge < -0.3 is 15.4 Å². The lowest BCUT2D eigenvalue weighted by molar-refractivity contribution is -0.137. The van der Waals surface area contributed by atoms with Crippen molar-refractivity contribution in [3.8, 4) is 11.8 Å². The zero-order chi connectivity index (χ0) is 27.2. The van der Waals surface area contributed by atoms with E-state index in [1.165, 1.54) is 12.1 Å². The molecule has 2 N–H and O–H groups in total. The topological polar surface area (TPSA) is 91.2 Å². The molecule has 0 saturated carbocycles. The van der Waals surface area contributed by atoms with E-state index in [0.717, 1.165) is 18.2 Å². The fraction of sp³-hybridized carbons (Fsp3) is 0.0800. The third-order valence-electron chi connectivity index (χ3n) is 4.64. The summed E-state index contributed by atoms with van der Waals surface area (Å²) in [6.45, 7) is -0.333. The third-order valence-corrected chi connectivity index (χ3v) is 6.15. The Morgan fingerprint density at radius 3 is 2.32 bits per heavy atom. The first-order valence-electron chi connectivity index (χ1n) is 10.2. The molecule has 0 fully saturated rings. The number of carbonyl (C=O) groups is 2. The summed E-state index contributed by atoms with van der Waals surface area (Å²) < 4.78 is 45.2. The molecule has 0 radical (unpaired) electrons. The van der Waals surface area contributed by atoms with E-state index in [-0.39, 0.29) is 17.9 Å². The maximum atomic E-state index is 12.9. The molecule has 0 unspecified atom stereocenters. The second kappa shape index (κ2) is 12.3. The summed E-state index contributed by atoms with van der Waals surface area (Å²) in [5.41, 5.74) is -0.547. The van der Waals surface area contributed by atoms with Gasteiger partial charge in [-0.25, -0.2) is 0 Å². The zero-order valence-corrected chi connectivity index (χ0v) is 22.4. The molecule has 0 aliphatic heterocycles. The van der Waals surface area contributed by atoms with E-state index in [9.17, 15) is 28.0 Å². The predicted molar refractivity (Wildman–Crippen MR) is 141 cm³/mol. The molecule has 0 aromatic heterocycles. The molecule has 3 aromatic rings. The van der Waals surface area contributed by atoms with Crippen LogP contribution in [0.4, 0.5) is 24.5 Å². The second-order valence-corrected chi connectivity index (χ2v) is 9.45. The molecule has 3 rings (SSSR count). The van der Waals surface area contributed by atoms with Crippen LogP contribution in [-0.2, 0) is 15.8 Å². The predicted octanol–water partition coefficient (Wildman–Crippen LogP) is 7.45. The van der Waals surface area contributed by atoms with Gasteiger partial charge in [-0.3, -0.25) is 9.59 Å². The van der Waals surface area contributed by atoms with Crippen LogP contribution in [0.25, 0.3) is 6.08 Å². The Hall–Kier alpha value is -3.33. The fourth-order valence-electron chi connectivity index (χ4n) is 2.97. The summed E-state index contributed by atoms with van der Waals surface area (Å²) in [4.78, 5) is 24.7. The van der Waals surface area contributed by atoms with E-state index >= 15 is 0 Å². The fourth-order valence-corrected chi connectivity index (χ4v) is 4.61. The number of rotatable bonds is 7. The number of benzene rings is 3. The molecule has 2 amide bonds. The molecule has 12 heteroatoms. The van der Waals surface area contributed by atoms with Gasteiger partial charge in [-0.05, 0) is 86.0 Å². The van der Waals surface area contributed by atoms with Gasteiger partial charge in [0, 0.05) is 5.69 Å². The highest BCUT2D eigenvalue weighted by atomic mass is 79.9. The highest BCUT2D eigenvalue weighted by molar-refractivity contribution is 9.11. The Morgan fingerprint density at radius 2 is 1.70 bits per heavy atom. The molecule has 6 nitrogen and oxygen atoms in total. The Balaban J connectivity index is 1.71. The summed E-state index contributed by atoms with van der Waals surface area (Å²) in [5.74, 6) is -1.04. The van der Waals surface area contributed by atoms with E-state index in [1.54, 1.807) is 42.5 Å². The van der Waals surface area contributed by atoms with Gasteiger partial charge in [-0.1, -0.05) is 29.8 Å². The molecular formula is C25H15Br2ClF3N3O3. The number of carbonyl (C=O) groups excluding carboxylic acids is 2. The number of nitrogens with one attached hydrogen (secondary N) is 2. The van der Waals surface area contributed by atoms with Crippen molar-refractivity contribution in [2.24, 2.45) is 0 Å². The molecule has 0 saturated heterocycles. The number of alkyl halides is 3. The summed E-state index contributed by atoms with van der Waals surface area (Å²) in [5, 5.41) is 14.7. The lowest BCUT2D eigenvalue weighted by Gasteiger charge is -2.12. The van der Waals surface area contributed by atoms with Gasteiger partial charge in [-0.2, -0.15) is 18.4 Å². The number of amides is 2. The molecule has 0 atom stereocenters. The molecule has 0 spiro atoms. The summed E-state index contributed by atoms with van der Waals surface area (Å²) >= 11 is 12.7. The van der Waals surface area contributed by atoms with E-state index in [0.29, 0.717) is 31.0 Å². The first-order chi connectivity index (χ1) is 17.5. The molecule has 190 valence electrons. The second-order valence-electron chi connectivity index (χ2n) is 7.33. The number of nitriles is 1. The van der Waals surface area contributed by atoms with Crippen molar-refractivity contribution in [1.29, 1.82) is 5.26 Å². The van der Waals surface area contributed by atoms with Crippen molar-refractivity contribution in [1.82, 2.24) is 0 Å². The highest BCUT2D eigenvalue weighted by Gasteiger charge is 2.30. The molecule has 0 aliphatic carbocycles. The average Bonchev–Trinajstić information content (AvgIpc) is 2.83. The van der Waals surface area contributed by atoms with Crippen molar-refractivity contribution in [2.75, 3.05) is 17.2 Å². The van der Waals surface area contributed by atoms with Gasteiger partial charge in [0.1, 0.15) is 17.4 Å². The van der Waals surface area contributed by atoms with Crippen LogP contribution in [0.2, 0.25) is 5.02 Å². The number of hydrogen-bond donors (Lipinski definition) is 2. The van der Waals surface area contributed by atoms with Gasteiger partial charge in [0.25, 0.3) is 11.8 Å². The van der Waals surface area contributed by atoms with E-state index in [4.69, 9.17) is 16.3 Å². The number of halogens is 6. The lowest BCUT2D eigenvalue weighted by Crippen LogP contribution is -2.20. The van der Waals surface area contributed by atoms with Crippen LogP contribution in [-0.4, -0.2) is 18.4 Å². The van der Waals surface area contributed by atoms with Gasteiger partial charge in [-0.15, -0.1) is 0 Å². The standard InChI is InChI=1S/C25H15Br2ClF3N3O3/c26-18-9-14(8-15(12-32)24(36)33-17-5-3-4-16(11-17)25(29,30)31)10-19(27)23(18)37-13-22(35)34-21-7-2-1-6-20(21)28/h1-11H,13H2,(H,33,36)(H,34,35)/b15-8+. The molecule has 3 aromatic carbocycles. The Labute approximate surface area is 231 Å². The van der Waals surface area contributed by atoms with Crippen LogP contribution in [0.1, 0.15) is 11.1 Å². The van der Waals surface area contributed by atoms with Gasteiger partial charge >= 0.3 is 6.18 Å². The van der Waals surface area contributed by atoms with Crippen molar-refractivity contribution in [2.45, 2.75) is 6.18 Å². The van der Waals surface area contributed by atoms with Crippen LogP contribution in [0.3, 0.4) is 0 Å². The van der Waals surface area contributed by atoms with E-state index < -0.39 is 23.6 Å². The number of nitrogens with zero attached hydrogens (tertiary/aromatic N) is 1. The van der Waals surface area contributed by atoms with Crippen molar-refractivity contribution in [3.63, 3.8) is 0 Å². The Morgan fingerprint density at radius 1 is 1.03 bits per heavy atom. The van der Waals surface area contributed by atoms with Crippen LogP contribution in [0.15, 0.2) is 75.2 Å². The van der Waals surface area contributed by atoms with Crippen molar-refractivity contribution in [3.05, 3.63) is 91.3 Å². The summed E-state index contributed by atoms with van der Waals surface area (Å²) in [6.07, 6.45) is -3.32. The summed E-state index contributed by atoms with van der Waals surface area (Å²) in [7, 11) is 0. The van der Waals surface area contributed by atoms with Crippen molar-refractivity contribution >= 4 is 72.7 Å². The minimum absolute atomic E-state index is 0.109. The Kier molecular flexibility index (Phi) is 9.37. The molecule has 0 aliphatic rings. The average molecular weight is 658 g/mol. The van der Waals surface area contributed by atoms with Crippen LogP contribution >= 0.6 is 43.5 Å². The maximum absolute atomic E-state index is 12.9. The number of ether oxygens (including phenoxy) is 1. The van der Waals surface area contributed by atoms with Gasteiger partial charge in [0.05, 0.1) is 25.2 Å². The first kappa shape index (κ1) is 28.2. The minimum atomic E-state index is -4.58. The normalized spacial score (nSPS) is 11.4. The van der Waals surface area contributed by atoms with Gasteiger partial charge in [0.15, 0.2) is 6.61 Å². The SMILES string of the molecule is N#C/C(=C\c1cc(Br)c(OCC(=O)Nc2ccccc2Cl)c(Br)c1)C(=O)Nc1cccc(C(F)(F)F)c1. The molecule has 0 bridgehead atoms. The smallest absolute Gasteiger partial charge is 0.416 e. The van der Waals surface area contributed by atoms with Crippen molar-refractivity contribution < 1.29 is 27.5 Å². The minimum Gasteiger partial charge on any atom is -0.481 e. The molecule has 37 heavy (non-hydrogen) atoms. The Bertz CT molecular complexity index is 1400.